The first-order valence-corrected chi connectivity index (χ1v) is 10.6. The molecule has 1 aliphatic heterocycles. The van der Waals surface area contributed by atoms with E-state index >= 15 is 0 Å². The summed E-state index contributed by atoms with van der Waals surface area (Å²) >= 11 is 0. The zero-order valence-electron chi connectivity index (χ0n) is 4.89. The van der Waals surface area contributed by atoms with Crippen LogP contribution in [0.3, 0.4) is 0 Å². The van der Waals surface area contributed by atoms with Gasteiger partial charge in [-0.1, -0.05) is 16.1 Å². The van der Waals surface area contributed by atoms with Gasteiger partial charge in [0.05, 0.1) is 5.40 Å². The summed E-state index contributed by atoms with van der Waals surface area (Å²) in [5, 5.41) is 2.51. The Morgan fingerprint density at radius 3 is 3.20 bits per heavy atom. The highest BCUT2D eigenvalue weighted by molar-refractivity contribution is 8.17. The highest BCUT2D eigenvalue weighted by atomic mass is 32.1. The summed E-state index contributed by atoms with van der Waals surface area (Å²) < 4.78 is 0. The molecule has 0 aromatic carbocycles. The van der Waals surface area contributed by atoms with Gasteiger partial charge in [-0.3, -0.25) is 0 Å². The second-order valence-corrected chi connectivity index (χ2v) is 11.2. The van der Waals surface area contributed by atoms with Gasteiger partial charge in [-0.25, -0.2) is 0 Å². The van der Waals surface area contributed by atoms with E-state index in [4.69, 9.17) is 0 Å². The highest BCUT2D eigenvalue weighted by Gasteiger charge is 2.08. The molecule has 0 aliphatic carbocycles. The van der Waals surface area contributed by atoms with Gasteiger partial charge in [-0.15, -0.1) is 7.87 Å². The molecule has 1 aromatic rings. The Labute approximate surface area is 69.5 Å². The maximum atomic E-state index is 3.34. The minimum atomic E-state index is 0.825. The fraction of sp³-hybridized carbons (Fsp3) is 0.250. The smallest absolute Gasteiger partial charge is 0.0778 e. The van der Waals surface area contributed by atoms with Gasteiger partial charge < -0.3 is 0 Å². The van der Waals surface area contributed by atoms with Crippen LogP contribution in [0, 0.1) is 0 Å². The molecule has 0 N–H and O–H groups in total. The minimum absolute atomic E-state index is 0.825. The van der Waals surface area contributed by atoms with E-state index in [9.17, 15) is 0 Å². The molecule has 2 atom stereocenters. The van der Waals surface area contributed by atoms with Crippen molar-refractivity contribution in [3.63, 3.8) is 0 Å². The maximum Gasteiger partial charge on any atom is 0.0778 e. The maximum absolute atomic E-state index is 3.34. The molecule has 1 aliphatic rings. The van der Waals surface area contributed by atoms with E-state index in [1.165, 1.54) is 16.1 Å². The molecule has 49 valence electrons. The zero-order chi connectivity index (χ0) is 6.81. The van der Waals surface area contributed by atoms with Crippen molar-refractivity contribution in [1.82, 2.24) is 0 Å². The van der Waals surface area contributed by atoms with E-state index in [2.05, 4.69) is 11.3 Å². The lowest BCUT2D eigenvalue weighted by molar-refractivity contribution is 1.52. The highest BCUT2D eigenvalue weighted by Crippen LogP contribution is 2.54. The van der Waals surface area contributed by atoms with Gasteiger partial charge in [-0.05, 0) is 29.1 Å². The Hall–Kier alpha value is 1.41. The molecule has 2 rings (SSSR count). The van der Waals surface area contributed by atoms with Crippen LogP contribution in [-0.2, 0) is 0 Å². The Morgan fingerprint density at radius 2 is 2.60 bits per heavy atom. The van der Waals surface area contributed by atoms with E-state index in [-0.39, 0.29) is 0 Å². The molecule has 1 aromatic heterocycles. The molecule has 2 heterocycles. The summed E-state index contributed by atoms with van der Waals surface area (Å²) in [6.45, 7) is 0. The van der Waals surface area contributed by atoms with Crippen LogP contribution in [0.5, 0.6) is 0 Å². The monoisotopic (exact) mass is 237 g/mol. The average Bonchev–Trinajstić information content (AvgIpc) is 2.59. The van der Waals surface area contributed by atoms with E-state index in [0.717, 1.165) is 13.3 Å². The van der Waals surface area contributed by atoms with Gasteiger partial charge in [0, 0.05) is 10.8 Å². The fourth-order valence-corrected chi connectivity index (χ4v) is 12.5. The minimum Gasteiger partial charge on any atom is -0.105 e. The zero-order valence-corrected chi connectivity index (χ0v) is 10.4. The lowest BCUT2D eigenvalue weighted by atomic mass is 10.7. The number of hydrogen-bond donors (Lipinski definition) is 0. The van der Waals surface area contributed by atoms with Crippen molar-refractivity contribution in [2.75, 3.05) is 0 Å². The SMILES string of the molecule is [C]1=PC(c2c[pH]pp2)P=P1. The molecule has 0 saturated heterocycles. The molecular weight excluding hydrogens is 234 g/mol. The van der Waals surface area contributed by atoms with E-state index in [1.54, 1.807) is 28.6 Å². The van der Waals surface area contributed by atoms with Crippen molar-refractivity contribution < 1.29 is 0 Å². The largest absolute Gasteiger partial charge is 0.105 e. The Morgan fingerprint density at radius 1 is 1.60 bits per heavy atom. The normalized spacial score (nSPS) is 29.4. The molecule has 0 nitrogen and oxygen atoms in total. The van der Waals surface area contributed by atoms with Gasteiger partial charge >= 0.3 is 0 Å². The van der Waals surface area contributed by atoms with Crippen molar-refractivity contribution in [2.45, 2.75) is 5.40 Å². The summed E-state index contributed by atoms with van der Waals surface area (Å²) in [6.07, 6.45) is 0. The van der Waals surface area contributed by atoms with Crippen molar-refractivity contribution in [2.24, 2.45) is 0 Å². The third-order valence-electron chi connectivity index (χ3n) is 1.09. The van der Waals surface area contributed by atoms with Gasteiger partial charge in [-0.2, -0.15) is 0 Å². The topological polar surface area (TPSA) is 0 Å². The Kier molecular flexibility index (Phi) is 3.12. The van der Waals surface area contributed by atoms with Crippen LogP contribution in [-0.4, -0.2) is 5.54 Å². The average molecular weight is 237 g/mol. The lowest BCUT2D eigenvalue weighted by Gasteiger charge is -1.95. The Bertz CT molecular complexity index is 247. The molecule has 0 bridgehead atoms. The summed E-state index contributed by atoms with van der Waals surface area (Å²) in [4.78, 5) is 0. The molecule has 1 radical (unpaired) electrons. The first-order chi connectivity index (χ1) is 4.97. The molecule has 0 saturated carbocycles. The summed E-state index contributed by atoms with van der Waals surface area (Å²) in [7, 11) is 8.66. The van der Waals surface area contributed by atoms with Crippen molar-refractivity contribution >= 4 is 52.8 Å². The van der Waals surface area contributed by atoms with Crippen molar-refractivity contribution in [3.05, 3.63) is 11.1 Å². The van der Waals surface area contributed by atoms with Gasteiger partial charge in [0.1, 0.15) is 0 Å². The van der Waals surface area contributed by atoms with Gasteiger partial charge in [0.25, 0.3) is 0 Å². The first-order valence-electron chi connectivity index (χ1n) is 2.68. The van der Waals surface area contributed by atoms with E-state index in [1.807, 2.05) is 0 Å². The van der Waals surface area contributed by atoms with Gasteiger partial charge in [0.2, 0.25) is 0 Å². The fourth-order valence-electron chi connectivity index (χ4n) is 0.649. The summed E-state index contributed by atoms with van der Waals surface area (Å²) in [5.41, 5.74) is 3.34. The summed E-state index contributed by atoms with van der Waals surface area (Å²) in [5.74, 6) is 2.44. The van der Waals surface area contributed by atoms with Crippen LogP contribution in [0.4, 0.5) is 0 Å². The Balaban J connectivity index is 2.29. The standard InChI is InChI=1S/C4H3P6/c1-3(8-10-6-1)4-5-2-7-9-4/h1,4,6H. The molecule has 6 heteroatoms. The first kappa shape index (κ1) is 8.03. The van der Waals surface area contributed by atoms with Crippen LogP contribution >= 0.6 is 47.2 Å². The van der Waals surface area contributed by atoms with Gasteiger partial charge in [0.15, 0.2) is 0 Å². The predicted molar refractivity (Wildman–Crippen MR) is 59.5 cm³/mol. The molecule has 10 heavy (non-hydrogen) atoms. The lowest BCUT2D eigenvalue weighted by Crippen LogP contribution is -1.66. The second-order valence-electron chi connectivity index (χ2n) is 1.72. The molecule has 0 fully saturated rings. The second kappa shape index (κ2) is 3.88. The van der Waals surface area contributed by atoms with Crippen molar-refractivity contribution in [1.29, 1.82) is 0 Å². The predicted octanol–water partition coefficient (Wildman–Crippen LogP) is 5.28. The van der Waals surface area contributed by atoms with Crippen molar-refractivity contribution in [3.8, 4) is 0 Å². The molecule has 2 unspecified atom stereocenters. The molecule has 0 amide bonds. The van der Waals surface area contributed by atoms with Crippen LogP contribution in [0.2, 0.25) is 0 Å². The summed E-state index contributed by atoms with van der Waals surface area (Å²) in [6, 6.07) is 0. The van der Waals surface area contributed by atoms with E-state index in [0.29, 0.717) is 0 Å². The van der Waals surface area contributed by atoms with Crippen LogP contribution in [0.15, 0.2) is 5.80 Å². The third-order valence-corrected chi connectivity index (χ3v) is 11.7. The quantitative estimate of drug-likeness (QED) is 0.582. The van der Waals surface area contributed by atoms with Crippen LogP contribution in [0.1, 0.15) is 10.7 Å². The van der Waals surface area contributed by atoms with E-state index < -0.39 is 0 Å². The number of hydrogen-bond acceptors (Lipinski definition) is 0. The number of rotatable bonds is 1. The molecule has 0 spiro atoms. The van der Waals surface area contributed by atoms with Crippen LogP contribution < -0.4 is 0 Å². The van der Waals surface area contributed by atoms with Crippen LogP contribution in [0.25, 0.3) is 0 Å². The third kappa shape index (κ3) is 1.77. The molecular formula is C4H3P6.